The number of furan rings is 1. The number of amides is 2. The highest BCUT2D eigenvalue weighted by Crippen LogP contribution is 2.31. The lowest BCUT2D eigenvalue weighted by Gasteiger charge is -2.34. The number of carbonyl (C=O) groups excluding carboxylic acids is 2. The molecule has 2 amide bonds. The highest BCUT2D eigenvalue weighted by atomic mass is 32.2. The van der Waals surface area contributed by atoms with Crippen LogP contribution < -0.4 is 10.2 Å². The van der Waals surface area contributed by atoms with E-state index in [-0.39, 0.29) is 23.3 Å². The van der Waals surface area contributed by atoms with E-state index in [0.717, 1.165) is 5.69 Å². The van der Waals surface area contributed by atoms with Crippen molar-refractivity contribution in [3.05, 3.63) is 42.4 Å². The van der Waals surface area contributed by atoms with Crippen LogP contribution in [-0.4, -0.2) is 120 Å². The summed E-state index contributed by atoms with van der Waals surface area (Å²) < 4.78 is 43.9. The van der Waals surface area contributed by atoms with Gasteiger partial charge in [0.25, 0.3) is 5.91 Å². The normalized spacial score (nSPS) is 19.9. The average molecular weight is 548 g/mol. The minimum atomic E-state index is -3.72. The van der Waals surface area contributed by atoms with Crippen molar-refractivity contribution in [2.45, 2.75) is 4.90 Å². The summed E-state index contributed by atoms with van der Waals surface area (Å²) in [6.45, 7) is 5.89. The molecule has 12 nitrogen and oxygen atoms in total. The maximum atomic E-state index is 13.3. The minimum Gasteiger partial charge on any atom is -0.459 e. The van der Waals surface area contributed by atoms with Crippen molar-refractivity contribution in [1.82, 2.24) is 14.1 Å². The van der Waals surface area contributed by atoms with Gasteiger partial charge in [0.2, 0.25) is 15.9 Å². The first kappa shape index (κ1) is 26.6. The third kappa shape index (κ3) is 6.02. The van der Waals surface area contributed by atoms with Crippen LogP contribution in [0.4, 0.5) is 11.4 Å². The number of carbonyl (C=O) groups is 2. The van der Waals surface area contributed by atoms with Gasteiger partial charge in [-0.15, -0.1) is 0 Å². The van der Waals surface area contributed by atoms with E-state index in [4.69, 9.17) is 13.9 Å². The molecular formula is C25H33N5O7S. The van der Waals surface area contributed by atoms with Crippen molar-refractivity contribution < 1.29 is 31.9 Å². The number of sulfonamides is 1. The molecule has 0 radical (unpaired) electrons. The first-order chi connectivity index (χ1) is 18.4. The van der Waals surface area contributed by atoms with Crippen LogP contribution in [0.5, 0.6) is 0 Å². The maximum absolute atomic E-state index is 13.3. The summed E-state index contributed by atoms with van der Waals surface area (Å²) in [6, 6.07) is 8.23. The fraction of sp³-hybridized carbons (Fsp3) is 0.520. The zero-order valence-corrected chi connectivity index (χ0v) is 22.0. The molecule has 5 rings (SSSR count). The molecule has 1 aromatic heterocycles. The summed E-state index contributed by atoms with van der Waals surface area (Å²) in [4.78, 5) is 31.5. The van der Waals surface area contributed by atoms with E-state index in [0.29, 0.717) is 90.2 Å². The Balaban J connectivity index is 1.27. The number of rotatable bonds is 7. The van der Waals surface area contributed by atoms with E-state index < -0.39 is 10.0 Å². The maximum Gasteiger partial charge on any atom is 0.289 e. The number of benzene rings is 1. The predicted molar refractivity (Wildman–Crippen MR) is 139 cm³/mol. The van der Waals surface area contributed by atoms with Crippen molar-refractivity contribution >= 4 is 33.2 Å². The molecule has 4 heterocycles. The lowest BCUT2D eigenvalue weighted by Crippen LogP contribution is -2.50. The molecular weight excluding hydrogens is 514 g/mol. The molecule has 0 bridgehead atoms. The molecule has 0 aliphatic carbocycles. The molecule has 38 heavy (non-hydrogen) atoms. The second-order valence-corrected chi connectivity index (χ2v) is 11.3. The molecule has 0 unspecified atom stereocenters. The van der Waals surface area contributed by atoms with Crippen LogP contribution in [0.25, 0.3) is 0 Å². The largest absolute Gasteiger partial charge is 0.459 e. The summed E-state index contributed by atoms with van der Waals surface area (Å²) in [6.07, 6.45) is 1.47. The lowest BCUT2D eigenvalue weighted by molar-refractivity contribution is -0.117. The number of morpholine rings is 2. The number of hydrogen-bond donors (Lipinski definition) is 1. The number of nitrogens with one attached hydrogen (secondary N) is 1. The Bertz CT molecular complexity index is 1220. The summed E-state index contributed by atoms with van der Waals surface area (Å²) in [5.41, 5.74) is 1.22. The molecule has 3 fully saturated rings. The Morgan fingerprint density at radius 3 is 2.21 bits per heavy atom. The van der Waals surface area contributed by atoms with Crippen molar-refractivity contribution in [3.63, 3.8) is 0 Å². The van der Waals surface area contributed by atoms with Crippen LogP contribution in [-0.2, 0) is 24.3 Å². The highest BCUT2D eigenvalue weighted by Gasteiger charge is 2.29. The van der Waals surface area contributed by atoms with Crippen LogP contribution in [0.1, 0.15) is 10.6 Å². The lowest BCUT2D eigenvalue weighted by atomic mass is 10.2. The Morgan fingerprint density at radius 2 is 1.55 bits per heavy atom. The number of ether oxygens (including phenoxy) is 2. The van der Waals surface area contributed by atoms with E-state index in [1.807, 2.05) is 4.90 Å². The van der Waals surface area contributed by atoms with Gasteiger partial charge in [-0.05, 0) is 30.3 Å². The van der Waals surface area contributed by atoms with Crippen molar-refractivity contribution in [3.8, 4) is 0 Å². The first-order valence-electron chi connectivity index (χ1n) is 12.8. The van der Waals surface area contributed by atoms with Gasteiger partial charge in [-0.2, -0.15) is 4.31 Å². The number of piperazine rings is 1. The molecule has 0 saturated carbocycles. The molecule has 13 heteroatoms. The summed E-state index contributed by atoms with van der Waals surface area (Å²) in [7, 11) is -3.72. The van der Waals surface area contributed by atoms with E-state index in [9.17, 15) is 18.0 Å². The predicted octanol–water partition coefficient (Wildman–Crippen LogP) is 0.534. The van der Waals surface area contributed by atoms with E-state index >= 15 is 0 Å². The average Bonchev–Trinajstić information content (AvgIpc) is 3.49. The molecule has 0 spiro atoms. The van der Waals surface area contributed by atoms with Gasteiger partial charge in [0, 0.05) is 52.4 Å². The third-order valence-corrected chi connectivity index (χ3v) is 8.86. The van der Waals surface area contributed by atoms with E-state index in [2.05, 4.69) is 10.2 Å². The van der Waals surface area contributed by atoms with Gasteiger partial charge >= 0.3 is 0 Å². The van der Waals surface area contributed by atoms with Gasteiger partial charge in [-0.3, -0.25) is 14.5 Å². The fourth-order valence-corrected chi connectivity index (χ4v) is 6.28. The van der Waals surface area contributed by atoms with Crippen molar-refractivity contribution in [1.29, 1.82) is 0 Å². The van der Waals surface area contributed by atoms with Gasteiger partial charge in [0.1, 0.15) is 0 Å². The zero-order chi connectivity index (χ0) is 26.5. The van der Waals surface area contributed by atoms with Crippen LogP contribution in [0.15, 0.2) is 45.9 Å². The molecule has 1 aromatic carbocycles. The highest BCUT2D eigenvalue weighted by molar-refractivity contribution is 7.89. The van der Waals surface area contributed by atoms with Crippen LogP contribution in [0.2, 0.25) is 0 Å². The zero-order valence-electron chi connectivity index (χ0n) is 21.2. The van der Waals surface area contributed by atoms with Crippen molar-refractivity contribution in [2.75, 3.05) is 95.5 Å². The molecule has 2 aromatic rings. The summed E-state index contributed by atoms with van der Waals surface area (Å²) in [5.74, 6) is -0.0995. The summed E-state index contributed by atoms with van der Waals surface area (Å²) >= 11 is 0. The summed E-state index contributed by atoms with van der Waals surface area (Å²) in [5, 5.41) is 2.96. The molecule has 206 valence electrons. The fourth-order valence-electron chi connectivity index (χ4n) is 4.85. The Hall–Kier alpha value is -2.97. The van der Waals surface area contributed by atoms with Gasteiger partial charge in [-0.1, -0.05) is 0 Å². The number of anilines is 2. The van der Waals surface area contributed by atoms with E-state index in [1.165, 1.54) is 10.6 Å². The van der Waals surface area contributed by atoms with Crippen LogP contribution in [0.3, 0.4) is 0 Å². The van der Waals surface area contributed by atoms with Gasteiger partial charge in [0.15, 0.2) is 5.76 Å². The Labute approximate surface area is 222 Å². The topological polar surface area (TPSA) is 125 Å². The molecule has 3 aliphatic rings. The molecule has 3 saturated heterocycles. The standard InChI is InChI=1S/C25H33N5O7S/c31-24(19-27-5-7-29(8-6-27)25(32)23-2-1-13-37-23)26-21-18-20(38(33,34)30-11-16-36-17-12-30)3-4-22(21)28-9-14-35-15-10-28/h1-4,13,18H,5-12,14-17,19H2,(H,26,31). The first-order valence-corrected chi connectivity index (χ1v) is 14.3. The molecule has 1 N–H and O–H groups in total. The van der Waals surface area contributed by atoms with Gasteiger partial charge in [-0.25, -0.2) is 8.42 Å². The second-order valence-electron chi connectivity index (χ2n) is 9.39. The number of nitrogens with zero attached hydrogens (tertiary/aromatic N) is 4. The smallest absolute Gasteiger partial charge is 0.289 e. The van der Waals surface area contributed by atoms with Crippen molar-refractivity contribution in [2.24, 2.45) is 0 Å². The van der Waals surface area contributed by atoms with Gasteiger partial charge < -0.3 is 29.0 Å². The molecule has 3 aliphatic heterocycles. The quantitative estimate of drug-likeness (QED) is 0.529. The SMILES string of the molecule is O=C(CN1CCN(C(=O)c2ccco2)CC1)Nc1cc(S(=O)(=O)N2CCOCC2)ccc1N1CCOCC1. The monoisotopic (exact) mass is 547 g/mol. The minimum absolute atomic E-state index is 0.131. The Kier molecular flexibility index (Phi) is 8.29. The second kappa shape index (κ2) is 11.8. The molecule has 0 atom stereocenters. The van der Waals surface area contributed by atoms with Gasteiger partial charge in [0.05, 0.1) is 55.5 Å². The third-order valence-electron chi connectivity index (χ3n) is 6.96. The number of hydrogen-bond acceptors (Lipinski definition) is 9. The Morgan fingerprint density at radius 1 is 0.868 bits per heavy atom. The van der Waals surface area contributed by atoms with Crippen LogP contribution in [0, 0.1) is 0 Å². The van der Waals surface area contributed by atoms with E-state index in [1.54, 1.807) is 35.2 Å². The van der Waals surface area contributed by atoms with Crippen LogP contribution >= 0.6 is 0 Å².